The van der Waals surface area contributed by atoms with E-state index in [1.807, 2.05) is 7.05 Å². The third-order valence-corrected chi connectivity index (χ3v) is 4.34. The number of anilines is 1. The maximum atomic E-state index is 3.54. The number of benzene rings is 1. The molecule has 1 saturated heterocycles. The molecule has 0 aromatic heterocycles. The Morgan fingerprint density at radius 3 is 3.00 bits per heavy atom. The Kier molecular flexibility index (Phi) is 2.40. The van der Waals surface area contributed by atoms with Crippen LogP contribution in [0, 0.1) is 0 Å². The minimum absolute atomic E-state index is 0.445. The molecule has 2 N–H and O–H groups in total. The van der Waals surface area contributed by atoms with Crippen molar-refractivity contribution in [2.24, 2.45) is 0 Å². The SMILES string of the molecule is CNc1cccc2c1CCC[C@@]21CCNC1. The Morgan fingerprint density at radius 2 is 2.25 bits per heavy atom. The predicted molar refractivity (Wildman–Crippen MR) is 68.1 cm³/mol. The van der Waals surface area contributed by atoms with Gasteiger partial charge in [0, 0.05) is 24.7 Å². The van der Waals surface area contributed by atoms with Crippen LogP contribution in [-0.4, -0.2) is 20.1 Å². The van der Waals surface area contributed by atoms with Crippen LogP contribution in [0.2, 0.25) is 0 Å². The highest BCUT2D eigenvalue weighted by Gasteiger charge is 2.39. The third-order valence-electron chi connectivity index (χ3n) is 4.34. The standard InChI is InChI=1S/C14H20N2/c1-15-13-6-2-5-12-11(13)4-3-7-14(12)8-9-16-10-14/h2,5-6,15-16H,3-4,7-10H2,1H3/t14-/m0/s1. The molecule has 1 aliphatic carbocycles. The molecule has 1 aromatic carbocycles. The van der Waals surface area contributed by atoms with E-state index in [0.717, 1.165) is 0 Å². The molecule has 0 bridgehead atoms. The van der Waals surface area contributed by atoms with Gasteiger partial charge in [0.25, 0.3) is 0 Å². The van der Waals surface area contributed by atoms with Gasteiger partial charge in [-0.25, -0.2) is 0 Å². The molecule has 16 heavy (non-hydrogen) atoms. The Hall–Kier alpha value is -1.02. The van der Waals surface area contributed by atoms with Crippen LogP contribution < -0.4 is 10.6 Å². The van der Waals surface area contributed by atoms with Gasteiger partial charge in [0.1, 0.15) is 0 Å². The molecule has 2 nitrogen and oxygen atoms in total. The zero-order valence-electron chi connectivity index (χ0n) is 9.97. The van der Waals surface area contributed by atoms with Crippen molar-refractivity contribution in [2.45, 2.75) is 31.1 Å². The van der Waals surface area contributed by atoms with Crippen molar-refractivity contribution in [2.75, 3.05) is 25.5 Å². The monoisotopic (exact) mass is 216 g/mol. The molecule has 0 unspecified atom stereocenters. The van der Waals surface area contributed by atoms with Gasteiger partial charge in [0.2, 0.25) is 0 Å². The smallest absolute Gasteiger partial charge is 0.0373 e. The lowest BCUT2D eigenvalue weighted by Crippen LogP contribution is -2.33. The summed E-state index contributed by atoms with van der Waals surface area (Å²) in [4.78, 5) is 0. The van der Waals surface area contributed by atoms with Gasteiger partial charge in [-0.15, -0.1) is 0 Å². The van der Waals surface area contributed by atoms with Crippen LogP contribution in [0.15, 0.2) is 18.2 Å². The van der Waals surface area contributed by atoms with Gasteiger partial charge >= 0.3 is 0 Å². The molecule has 1 fully saturated rings. The summed E-state index contributed by atoms with van der Waals surface area (Å²) in [5.74, 6) is 0. The Bertz CT molecular complexity index is 392. The number of fused-ring (bicyclic) bond motifs is 2. The summed E-state index contributed by atoms with van der Waals surface area (Å²) in [5.41, 5.74) is 4.96. The number of hydrogen-bond donors (Lipinski definition) is 2. The maximum absolute atomic E-state index is 3.54. The van der Waals surface area contributed by atoms with Crippen molar-refractivity contribution >= 4 is 5.69 Å². The highest BCUT2D eigenvalue weighted by Crippen LogP contribution is 2.43. The molecule has 1 aromatic rings. The summed E-state index contributed by atoms with van der Waals surface area (Å²) in [5, 5.41) is 6.88. The molecule has 2 aliphatic rings. The minimum Gasteiger partial charge on any atom is -0.388 e. The lowest BCUT2D eigenvalue weighted by Gasteiger charge is -2.36. The molecule has 1 heterocycles. The van der Waals surface area contributed by atoms with E-state index in [4.69, 9.17) is 0 Å². The van der Waals surface area contributed by atoms with Crippen molar-refractivity contribution in [3.8, 4) is 0 Å². The van der Waals surface area contributed by atoms with Crippen molar-refractivity contribution < 1.29 is 0 Å². The first-order valence-corrected chi connectivity index (χ1v) is 6.37. The highest BCUT2D eigenvalue weighted by atomic mass is 14.9. The summed E-state index contributed by atoms with van der Waals surface area (Å²) in [6, 6.07) is 6.76. The third kappa shape index (κ3) is 1.36. The van der Waals surface area contributed by atoms with Crippen molar-refractivity contribution in [1.82, 2.24) is 5.32 Å². The lowest BCUT2D eigenvalue weighted by molar-refractivity contribution is 0.393. The minimum atomic E-state index is 0.445. The predicted octanol–water partition coefficient (Wildman–Crippen LogP) is 2.30. The molecule has 1 atom stereocenters. The quantitative estimate of drug-likeness (QED) is 0.752. The van der Waals surface area contributed by atoms with E-state index in [1.165, 1.54) is 44.5 Å². The van der Waals surface area contributed by atoms with Gasteiger partial charge in [-0.3, -0.25) is 0 Å². The van der Waals surface area contributed by atoms with Crippen LogP contribution in [0.5, 0.6) is 0 Å². The van der Waals surface area contributed by atoms with E-state index in [1.54, 1.807) is 11.1 Å². The molecule has 0 saturated carbocycles. The lowest BCUT2D eigenvalue weighted by atomic mass is 9.69. The molecule has 1 spiro atoms. The second-order valence-corrected chi connectivity index (χ2v) is 5.14. The first-order valence-electron chi connectivity index (χ1n) is 6.37. The maximum Gasteiger partial charge on any atom is 0.0373 e. The van der Waals surface area contributed by atoms with E-state index in [2.05, 4.69) is 28.8 Å². The summed E-state index contributed by atoms with van der Waals surface area (Å²) in [6.07, 6.45) is 5.26. The van der Waals surface area contributed by atoms with Crippen LogP contribution in [0.3, 0.4) is 0 Å². The summed E-state index contributed by atoms with van der Waals surface area (Å²) >= 11 is 0. The molecule has 3 rings (SSSR count). The summed E-state index contributed by atoms with van der Waals surface area (Å²) in [7, 11) is 2.03. The van der Waals surface area contributed by atoms with Crippen LogP contribution in [0.4, 0.5) is 5.69 Å². The molecule has 1 aliphatic heterocycles. The summed E-state index contributed by atoms with van der Waals surface area (Å²) in [6.45, 7) is 2.36. The molecule has 2 heteroatoms. The van der Waals surface area contributed by atoms with Gasteiger partial charge in [-0.1, -0.05) is 12.1 Å². The first-order chi connectivity index (χ1) is 7.86. The normalized spacial score (nSPS) is 28.1. The average Bonchev–Trinajstić information content (AvgIpc) is 2.78. The Balaban J connectivity index is 2.11. The zero-order chi connectivity index (χ0) is 11.0. The Morgan fingerprint density at radius 1 is 1.31 bits per heavy atom. The fraction of sp³-hybridized carbons (Fsp3) is 0.571. The summed E-state index contributed by atoms with van der Waals surface area (Å²) < 4.78 is 0. The van der Waals surface area contributed by atoms with Crippen LogP contribution >= 0.6 is 0 Å². The van der Waals surface area contributed by atoms with E-state index in [9.17, 15) is 0 Å². The van der Waals surface area contributed by atoms with Gasteiger partial charge in [-0.2, -0.15) is 0 Å². The topological polar surface area (TPSA) is 24.1 Å². The first kappa shape index (κ1) is 10.2. The van der Waals surface area contributed by atoms with Crippen LogP contribution in [0.25, 0.3) is 0 Å². The second kappa shape index (κ2) is 3.77. The second-order valence-electron chi connectivity index (χ2n) is 5.14. The van der Waals surface area contributed by atoms with E-state index in [0.29, 0.717) is 5.41 Å². The van der Waals surface area contributed by atoms with Crippen molar-refractivity contribution in [1.29, 1.82) is 0 Å². The highest BCUT2D eigenvalue weighted by molar-refractivity contribution is 5.57. The van der Waals surface area contributed by atoms with Crippen LogP contribution in [-0.2, 0) is 11.8 Å². The van der Waals surface area contributed by atoms with Gasteiger partial charge in [0.05, 0.1) is 0 Å². The van der Waals surface area contributed by atoms with Crippen molar-refractivity contribution in [3.63, 3.8) is 0 Å². The molecule has 0 amide bonds. The van der Waals surface area contributed by atoms with Gasteiger partial charge in [-0.05, 0) is 49.4 Å². The van der Waals surface area contributed by atoms with Gasteiger partial charge < -0.3 is 10.6 Å². The number of nitrogens with one attached hydrogen (secondary N) is 2. The fourth-order valence-corrected chi connectivity index (χ4v) is 3.51. The van der Waals surface area contributed by atoms with Gasteiger partial charge in [0.15, 0.2) is 0 Å². The molecule has 0 radical (unpaired) electrons. The molecule has 86 valence electrons. The fourth-order valence-electron chi connectivity index (χ4n) is 3.51. The van der Waals surface area contributed by atoms with E-state index in [-0.39, 0.29) is 0 Å². The van der Waals surface area contributed by atoms with E-state index >= 15 is 0 Å². The molecular formula is C14H20N2. The van der Waals surface area contributed by atoms with Crippen LogP contribution in [0.1, 0.15) is 30.4 Å². The van der Waals surface area contributed by atoms with E-state index < -0.39 is 0 Å². The Labute approximate surface area is 97.4 Å². The molecular weight excluding hydrogens is 196 g/mol. The number of hydrogen-bond acceptors (Lipinski definition) is 2. The number of rotatable bonds is 1. The largest absolute Gasteiger partial charge is 0.388 e. The van der Waals surface area contributed by atoms with Crippen molar-refractivity contribution in [3.05, 3.63) is 29.3 Å². The average molecular weight is 216 g/mol. The zero-order valence-corrected chi connectivity index (χ0v) is 9.97.